The molecule has 0 radical (unpaired) electrons. The molecule has 0 aromatic heterocycles. The van der Waals surface area contributed by atoms with Crippen LogP contribution < -0.4 is 5.32 Å². The van der Waals surface area contributed by atoms with E-state index in [0.29, 0.717) is 0 Å². The van der Waals surface area contributed by atoms with Gasteiger partial charge in [-0.25, -0.2) is 0 Å². The molecule has 0 unspecified atom stereocenters. The Morgan fingerprint density at radius 2 is 1.58 bits per heavy atom. The van der Waals surface area contributed by atoms with Gasteiger partial charge in [0.15, 0.2) is 0 Å². The summed E-state index contributed by atoms with van der Waals surface area (Å²) in [6.07, 6.45) is 9.29. The Morgan fingerprint density at radius 1 is 0.947 bits per heavy atom. The molecule has 0 saturated heterocycles. The van der Waals surface area contributed by atoms with Crippen LogP contribution in [0.4, 0.5) is 0 Å². The fourth-order valence-corrected chi connectivity index (χ4v) is 2.33. The van der Waals surface area contributed by atoms with Gasteiger partial charge in [0.1, 0.15) is 0 Å². The van der Waals surface area contributed by atoms with E-state index in [1.807, 2.05) is 18.2 Å². The Labute approximate surface area is 118 Å². The van der Waals surface area contributed by atoms with E-state index in [-0.39, 0.29) is 12.6 Å². The highest BCUT2D eigenvalue weighted by Crippen LogP contribution is 2.12. The molecular formula is C17H29NO. The molecule has 0 aliphatic rings. The van der Waals surface area contributed by atoms with Gasteiger partial charge in [0.25, 0.3) is 0 Å². The average molecular weight is 263 g/mol. The number of aliphatic hydroxyl groups excluding tert-OH is 1. The summed E-state index contributed by atoms with van der Waals surface area (Å²) in [5, 5.41) is 12.9. The Hall–Kier alpha value is -0.860. The van der Waals surface area contributed by atoms with Crippen molar-refractivity contribution in [2.24, 2.45) is 0 Å². The van der Waals surface area contributed by atoms with Gasteiger partial charge in [-0.05, 0) is 18.5 Å². The number of rotatable bonds is 11. The number of unbranched alkanes of at least 4 members (excludes halogenated alkanes) is 6. The lowest BCUT2D eigenvalue weighted by Crippen LogP contribution is -2.25. The summed E-state index contributed by atoms with van der Waals surface area (Å²) in [6.45, 7) is 3.41. The Bertz CT molecular complexity index is 299. The van der Waals surface area contributed by atoms with Crippen molar-refractivity contribution < 1.29 is 5.11 Å². The second kappa shape index (κ2) is 11.0. The highest BCUT2D eigenvalue weighted by atomic mass is 16.3. The molecule has 0 aliphatic heterocycles. The fourth-order valence-electron chi connectivity index (χ4n) is 2.33. The number of aliphatic hydroxyl groups is 1. The Kier molecular flexibility index (Phi) is 9.38. The second-order valence-corrected chi connectivity index (χ2v) is 5.22. The molecular weight excluding hydrogens is 234 g/mol. The van der Waals surface area contributed by atoms with E-state index in [9.17, 15) is 5.11 Å². The highest BCUT2D eigenvalue weighted by molar-refractivity contribution is 5.18. The zero-order chi connectivity index (χ0) is 13.8. The number of benzene rings is 1. The molecule has 1 atom stereocenters. The van der Waals surface area contributed by atoms with Crippen LogP contribution in [0.25, 0.3) is 0 Å². The molecule has 0 spiro atoms. The van der Waals surface area contributed by atoms with Gasteiger partial charge in [-0.1, -0.05) is 75.8 Å². The molecule has 1 rings (SSSR count). The van der Waals surface area contributed by atoms with Gasteiger partial charge in [0, 0.05) is 0 Å². The first-order valence-electron chi connectivity index (χ1n) is 7.77. The zero-order valence-corrected chi connectivity index (χ0v) is 12.3. The van der Waals surface area contributed by atoms with Gasteiger partial charge in [-0.15, -0.1) is 0 Å². The molecule has 0 saturated carbocycles. The third kappa shape index (κ3) is 7.34. The third-order valence-corrected chi connectivity index (χ3v) is 3.56. The minimum atomic E-state index is 0.0845. The first-order valence-corrected chi connectivity index (χ1v) is 7.77. The minimum Gasteiger partial charge on any atom is -0.394 e. The lowest BCUT2D eigenvalue weighted by atomic mass is 10.1. The van der Waals surface area contributed by atoms with Crippen LogP contribution >= 0.6 is 0 Å². The Morgan fingerprint density at radius 3 is 2.21 bits per heavy atom. The molecule has 2 heteroatoms. The van der Waals surface area contributed by atoms with Gasteiger partial charge >= 0.3 is 0 Å². The van der Waals surface area contributed by atoms with Crippen molar-refractivity contribution >= 4 is 0 Å². The second-order valence-electron chi connectivity index (χ2n) is 5.22. The predicted molar refractivity (Wildman–Crippen MR) is 82.3 cm³/mol. The lowest BCUT2D eigenvalue weighted by Gasteiger charge is -2.16. The average Bonchev–Trinajstić information content (AvgIpc) is 2.47. The van der Waals surface area contributed by atoms with Crippen LogP contribution in [0.15, 0.2) is 30.3 Å². The van der Waals surface area contributed by atoms with Gasteiger partial charge in [-0.2, -0.15) is 0 Å². The molecule has 108 valence electrons. The molecule has 0 amide bonds. The summed E-state index contributed by atoms with van der Waals surface area (Å²) < 4.78 is 0. The van der Waals surface area contributed by atoms with Crippen LogP contribution in [-0.2, 0) is 0 Å². The largest absolute Gasteiger partial charge is 0.394 e. The van der Waals surface area contributed by atoms with E-state index >= 15 is 0 Å². The lowest BCUT2D eigenvalue weighted by molar-refractivity contribution is 0.244. The number of nitrogens with one attached hydrogen (secondary N) is 1. The standard InChI is InChI=1S/C17H29NO/c1-2-3-4-5-6-7-11-14-18-17(15-19)16-12-9-8-10-13-16/h8-10,12-13,17-19H,2-7,11,14-15H2,1H3/t17-/m1/s1. The molecule has 2 nitrogen and oxygen atoms in total. The molecule has 0 aliphatic carbocycles. The first-order chi connectivity index (χ1) is 9.38. The molecule has 0 bridgehead atoms. The number of hydrogen-bond donors (Lipinski definition) is 2. The third-order valence-electron chi connectivity index (χ3n) is 3.56. The van der Waals surface area contributed by atoms with Crippen molar-refractivity contribution in [1.82, 2.24) is 5.32 Å². The maximum Gasteiger partial charge on any atom is 0.0626 e. The quantitative estimate of drug-likeness (QED) is 0.590. The Balaban J connectivity index is 2.07. The van der Waals surface area contributed by atoms with E-state index in [0.717, 1.165) is 6.54 Å². The monoisotopic (exact) mass is 263 g/mol. The van der Waals surface area contributed by atoms with E-state index in [2.05, 4.69) is 24.4 Å². The van der Waals surface area contributed by atoms with Crippen LogP contribution in [-0.4, -0.2) is 18.3 Å². The molecule has 2 N–H and O–H groups in total. The molecule has 0 fully saturated rings. The maximum absolute atomic E-state index is 9.42. The molecule has 1 aromatic rings. The van der Waals surface area contributed by atoms with Crippen LogP contribution in [0.1, 0.15) is 63.5 Å². The topological polar surface area (TPSA) is 32.3 Å². The summed E-state index contributed by atoms with van der Waals surface area (Å²) in [7, 11) is 0. The summed E-state index contributed by atoms with van der Waals surface area (Å²) in [4.78, 5) is 0. The van der Waals surface area contributed by atoms with Gasteiger partial charge in [0.2, 0.25) is 0 Å². The fraction of sp³-hybridized carbons (Fsp3) is 0.647. The maximum atomic E-state index is 9.42. The minimum absolute atomic E-state index is 0.0845. The van der Waals surface area contributed by atoms with Crippen LogP contribution in [0.2, 0.25) is 0 Å². The number of hydrogen-bond acceptors (Lipinski definition) is 2. The van der Waals surface area contributed by atoms with E-state index in [1.54, 1.807) is 0 Å². The van der Waals surface area contributed by atoms with Crippen LogP contribution in [0.5, 0.6) is 0 Å². The first kappa shape index (κ1) is 16.2. The SMILES string of the molecule is CCCCCCCCCN[C@H](CO)c1ccccc1. The molecule has 0 heterocycles. The molecule has 19 heavy (non-hydrogen) atoms. The normalized spacial score (nSPS) is 12.5. The van der Waals surface area contributed by atoms with Gasteiger partial charge < -0.3 is 10.4 Å². The van der Waals surface area contributed by atoms with Crippen LogP contribution in [0, 0.1) is 0 Å². The van der Waals surface area contributed by atoms with Crippen LogP contribution in [0.3, 0.4) is 0 Å². The van der Waals surface area contributed by atoms with Crippen molar-refractivity contribution in [3.05, 3.63) is 35.9 Å². The zero-order valence-electron chi connectivity index (χ0n) is 12.3. The van der Waals surface area contributed by atoms with Gasteiger partial charge in [0.05, 0.1) is 12.6 Å². The van der Waals surface area contributed by atoms with E-state index < -0.39 is 0 Å². The summed E-state index contributed by atoms with van der Waals surface area (Å²) >= 11 is 0. The van der Waals surface area contributed by atoms with Gasteiger partial charge in [-0.3, -0.25) is 0 Å². The van der Waals surface area contributed by atoms with E-state index in [1.165, 1.54) is 50.5 Å². The predicted octanol–water partition coefficient (Wildman–Crippen LogP) is 4.06. The summed E-state index contributed by atoms with van der Waals surface area (Å²) in [6, 6.07) is 10.3. The molecule has 1 aromatic carbocycles. The van der Waals surface area contributed by atoms with Crippen molar-refractivity contribution in [2.45, 2.75) is 57.9 Å². The van der Waals surface area contributed by atoms with E-state index in [4.69, 9.17) is 0 Å². The van der Waals surface area contributed by atoms with Crippen molar-refractivity contribution in [3.8, 4) is 0 Å². The van der Waals surface area contributed by atoms with Crippen molar-refractivity contribution in [2.75, 3.05) is 13.2 Å². The summed E-state index contributed by atoms with van der Waals surface area (Å²) in [5.41, 5.74) is 1.17. The summed E-state index contributed by atoms with van der Waals surface area (Å²) in [5.74, 6) is 0. The van der Waals surface area contributed by atoms with Crippen molar-refractivity contribution in [1.29, 1.82) is 0 Å². The van der Waals surface area contributed by atoms with Crippen molar-refractivity contribution in [3.63, 3.8) is 0 Å². The highest BCUT2D eigenvalue weighted by Gasteiger charge is 2.07. The smallest absolute Gasteiger partial charge is 0.0626 e.